The van der Waals surface area contributed by atoms with Gasteiger partial charge in [0.25, 0.3) is 0 Å². The van der Waals surface area contributed by atoms with E-state index in [4.69, 9.17) is 4.74 Å². The summed E-state index contributed by atoms with van der Waals surface area (Å²) in [5, 5.41) is 0.430. The van der Waals surface area contributed by atoms with E-state index in [-0.39, 0.29) is 17.9 Å². The molecule has 100 valence electrons. The maximum Gasteiger partial charge on any atom is 0.387 e. The molecule has 3 nitrogen and oxygen atoms in total. The molecule has 0 aliphatic carbocycles. The number of rotatable bonds is 5. The van der Waals surface area contributed by atoms with Crippen LogP contribution in [0.1, 0.15) is 28.4 Å². The van der Waals surface area contributed by atoms with Gasteiger partial charge >= 0.3 is 12.6 Å². The average Bonchev–Trinajstić information content (AvgIpc) is 2.31. The molecule has 0 saturated heterocycles. The van der Waals surface area contributed by atoms with Crippen molar-refractivity contribution in [2.45, 2.75) is 25.8 Å². The fourth-order valence-corrected chi connectivity index (χ4v) is 1.78. The van der Waals surface area contributed by atoms with Crippen LogP contribution in [-0.2, 0) is 10.1 Å². The van der Waals surface area contributed by atoms with E-state index < -0.39 is 12.6 Å². The largest absolute Gasteiger partial charge is 0.462 e. The van der Waals surface area contributed by atoms with Crippen molar-refractivity contribution < 1.29 is 23.0 Å². The van der Waals surface area contributed by atoms with Gasteiger partial charge in [-0.3, -0.25) is 0 Å². The summed E-state index contributed by atoms with van der Waals surface area (Å²) in [5.41, 5.74) is 1.25. The van der Waals surface area contributed by atoms with Gasteiger partial charge in [-0.1, -0.05) is 15.9 Å². The zero-order chi connectivity index (χ0) is 13.7. The first kappa shape index (κ1) is 14.9. The van der Waals surface area contributed by atoms with Crippen LogP contribution in [0, 0.1) is 6.92 Å². The monoisotopic (exact) mass is 322 g/mol. The van der Waals surface area contributed by atoms with E-state index in [1.807, 2.05) is 0 Å². The molecule has 0 aliphatic heterocycles. The van der Waals surface area contributed by atoms with Crippen LogP contribution in [0.4, 0.5) is 8.78 Å². The van der Waals surface area contributed by atoms with Crippen LogP contribution in [0.15, 0.2) is 12.1 Å². The van der Waals surface area contributed by atoms with Crippen LogP contribution in [0.25, 0.3) is 0 Å². The fourth-order valence-electron chi connectivity index (χ4n) is 1.46. The highest BCUT2D eigenvalue weighted by Crippen LogP contribution is 2.27. The van der Waals surface area contributed by atoms with E-state index in [9.17, 15) is 13.6 Å². The van der Waals surface area contributed by atoms with Gasteiger partial charge in [-0.15, -0.1) is 0 Å². The Balaban J connectivity index is 3.20. The van der Waals surface area contributed by atoms with Crippen LogP contribution < -0.4 is 4.74 Å². The van der Waals surface area contributed by atoms with E-state index in [0.717, 1.165) is 0 Å². The predicted molar refractivity (Wildman–Crippen MR) is 66.4 cm³/mol. The van der Waals surface area contributed by atoms with E-state index in [2.05, 4.69) is 20.7 Å². The molecule has 0 radical (unpaired) electrons. The number of ether oxygens (including phenoxy) is 2. The van der Waals surface area contributed by atoms with Gasteiger partial charge in [0, 0.05) is 10.9 Å². The summed E-state index contributed by atoms with van der Waals surface area (Å²) in [6.45, 7) is 0.520. The van der Waals surface area contributed by atoms with Gasteiger partial charge in [-0.25, -0.2) is 4.79 Å². The molecule has 0 aliphatic rings. The Kier molecular flexibility index (Phi) is 5.53. The quantitative estimate of drug-likeness (QED) is 0.613. The van der Waals surface area contributed by atoms with E-state index in [1.54, 1.807) is 19.9 Å². The first-order valence-corrected chi connectivity index (χ1v) is 6.43. The Morgan fingerprint density at radius 1 is 1.44 bits per heavy atom. The molecular formula is C12H13BrF2O3. The zero-order valence-electron chi connectivity index (χ0n) is 10.0. The van der Waals surface area contributed by atoms with Gasteiger partial charge in [0.15, 0.2) is 0 Å². The fraction of sp³-hybridized carbons (Fsp3) is 0.417. The second-order valence-corrected chi connectivity index (χ2v) is 4.06. The predicted octanol–water partition coefficient (Wildman–Crippen LogP) is 3.67. The zero-order valence-corrected chi connectivity index (χ0v) is 11.6. The Labute approximate surface area is 112 Å². The van der Waals surface area contributed by atoms with Crippen LogP contribution in [0.5, 0.6) is 5.75 Å². The molecule has 1 aromatic carbocycles. The van der Waals surface area contributed by atoms with Gasteiger partial charge in [-0.05, 0) is 31.5 Å². The highest BCUT2D eigenvalue weighted by Gasteiger charge is 2.17. The Bertz CT molecular complexity index is 436. The standard InChI is InChI=1S/C12H13BrF2O3/c1-3-17-11(16)9-4-8(6-13)5-10(7(9)2)18-12(14)15/h4-5,12H,3,6H2,1-2H3. The molecule has 1 aromatic rings. The Morgan fingerprint density at radius 3 is 2.61 bits per heavy atom. The highest BCUT2D eigenvalue weighted by atomic mass is 79.9. The summed E-state index contributed by atoms with van der Waals surface area (Å²) in [4.78, 5) is 11.7. The first-order valence-electron chi connectivity index (χ1n) is 5.31. The van der Waals surface area contributed by atoms with Crippen LogP contribution >= 0.6 is 15.9 Å². The van der Waals surface area contributed by atoms with Crippen molar-refractivity contribution in [2.24, 2.45) is 0 Å². The van der Waals surface area contributed by atoms with Crippen molar-refractivity contribution >= 4 is 21.9 Å². The second-order valence-electron chi connectivity index (χ2n) is 3.50. The number of hydrogen-bond donors (Lipinski definition) is 0. The summed E-state index contributed by atoms with van der Waals surface area (Å²) in [7, 11) is 0. The summed E-state index contributed by atoms with van der Waals surface area (Å²) in [6.07, 6.45) is 0. The molecule has 0 amide bonds. The lowest BCUT2D eigenvalue weighted by molar-refractivity contribution is -0.0504. The molecular weight excluding hydrogens is 310 g/mol. The van der Waals surface area contributed by atoms with Crippen molar-refractivity contribution in [3.05, 3.63) is 28.8 Å². The minimum absolute atomic E-state index is 0.00926. The van der Waals surface area contributed by atoms with E-state index in [0.29, 0.717) is 16.5 Å². The third-order valence-corrected chi connectivity index (χ3v) is 2.93. The van der Waals surface area contributed by atoms with Gasteiger partial charge in [0.1, 0.15) is 5.75 Å². The molecule has 0 saturated carbocycles. The molecule has 0 spiro atoms. The van der Waals surface area contributed by atoms with E-state index in [1.165, 1.54) is 6.07 Å². The van der Waals surface area contributed by atoms with Gasteiger partial charge < -0.3 is 9.47 Å². The van der Waals surface area contributed by atoms with Crippen molar-refractivity contribution in [2.75, 3.05) is 6.61 Å². The minimum atomic E-state index is -2.93. The van der Waals surface area contributed by atoms with Crippen LogP contribution in [-0.4, -0.2) is 19.2 Å². The molecule has 0 fully saturated rings. The number of halogens is 3. The molecule has 0 atom stereocenters. The number of hydrogen-bond acceptors (Lipinski definition) is 3. The van der Waals surface area contributed by atoms with Crippen molar-refractivity contribution in [3.8, 4) is 5.75 Å². The second kappa shape index (κ2) is 6.68. The molecule has 18 heavy (non-hydrogen) atoms. The molecule has 0 unspecified atom stereocenters. The molecule has 1 rings (SSSR count). The van der Waals surface area contributed by atoms with E-state index >= 15 is 0 Å². The molecule has 6 heteroatoms. The lowest BCUT2D eigenvalue weighted by atomic mass is 10.0. The van der Waals surface area contributed by atoms with Gasteiger partial charge in [-0.2, -0.15) is 8.78 Å². The Morgan fingerprint density at radius 2 is 2.11 bits per heavy atom. The molecule has 0 aromatic heterocycles. The maximum atomic E-state index is 12.3. The highest BCUT2D eigenvalue weighted by molar-refractivity contribution is 9.08. The van der Waals surface area contributed by atoms with Crippen molar-refractivity contribution in [1.82, 2.24) is 0 Å². The maximum absolute atomic E-state index is 12.3. The summed E-state index contributed by atoms with van der Waals surface area (Å²) >= 11 is 3.21. The van der Waals surface area contributed by atoms with Crippen molar-refractivity contribution in [1.29, 1.82) is 0 Å². The molecule has 0 bridgehead atoms. The average molecular weight is 323 g/mol. The summed E-state index contributed by atoms with van der Waals surface area (Å²) in [6, 6.07) is 3.07. The lowest BCUT2D eigenvalue weighted by Crippen LogP contribution is -2.10. The third-order valence-electron chi connectivity index (χ3n) is 2.29. The van der Waals surface area contributed by atoms with Crippen molar-refractivity contribution in [3.63, 3.8) is 0 Å². The third kappa shape index (κ3) is 3.66. The topological polar surface area (TPSA) is 35.5 Å². The summed E-state index contributed by atoms with van der Waals surface area (Å²) < 4.78 is 33.8. The number of benzene rings is 1. The SMILES string of the molecule is CCOC(=O)c1cc(CBr)cc(OC(F)F)c1C. The lowest BCUT2D eigenvalue weighted by Gasteiger charge is -2.13. The normalized spacial score (nSPS) is 10.6. The summed E-state index contributed by atoms with van der Waals surface area (Å²) in [5.74, 6) is -0.554. The molecule has 0 N–H and O–H groups in total. The van der Waals surface area contributed by atoms with Crippen LogP contribution in [0.2, 0.25) is 0 Å². The minimum Gasteiger partial charge on any atom is -0.462 e. The van der Waals surface area contributed by atoms with Gasteiger partial charge in [0.05, 0.1) is 12.2 Å². The van der Waals surface area contributed by atoms with Gasteiger partial charge in [0.2, 0.25) is 0 Å². The van der Waals surface area contributed by atoms with Crippen LogP contribution in [0.3, 0.4) is 0 Å². The smallest absolute Gasteiger partial charge is 0.387 e. The number of alkyl halides is 3. The number of carbonyl (C=O) groups is 1. The number of esters is 1. The first-order chi connectivity index (χ1) is 8.49. The Hall–Kier alpha value is -1.17. The molecule has 0 heterocycles. The number of carbonyl (C=O) groups excluding carboxylic acids is 1.